The second kappa shape index (κ2) is 4.77. The quantitative estimate of drug-likeness (QED) is 0.792. The molecule has 1 heterocycles. The Morgan fingerprint density at radius 2 is 2.54 bits per heavy atom. The van der Waals surface area contributed by atoms with Gasteiger partial charge in [-0.05, 0) is 6.92 Å². The SMILES string of the molecule is C=C(Br)CN1CCNC(=O)CC1C. The maximum absolute atomic E-state index is 11.2. The first-order valence-electron chi connectivity index (χ1n) is 4.43. The molecule has 3 nitrogen and oxygen atoms in total. The molecule has 1 saturated heterocycles. The van der Waals surface area contributed by atoms with Crippen LogP contribution in [0.5, 0.6) is 0 Å². The molecule has 0 bridgehead atoms. The van der Waals surface area contributed by atoms with Crippen LogP contribution in [-0.2, 0) is 4.79 Å². The highest BCUT2D eigenvalue weighted by Crippen LogP contribution is 2.11. The summed E-state index contributed by atoms with van der Waals surface area (Å²) in [7, 11) is 0. The van der Waals surface area contributed by atoms with E-state index < -0.39 is 0 Å². The van der Waals surface area contributed by atoms with Crippen LogP contribution in [0, 0.1) is 0 Å². The molecule has 1 fully saturated rings. The van der Waals surface area contributed by atoms with Gasteiger partial charge in [-0.2, -0.15) is 0 Å². The van der Waals surface area contributed by atoms with Crippen molar-refractivity contribution in [2.24, 2.45) is 0 Å². The highest BCUT2D eigenvalue weighted by Gasteiger charge is 2.20. The fraction of sp³-hybridized carbons (Fsp3) is 0.667. The number of carbonyl (C=O) groups excluding carboxylic acids is 1. The average Bonchev–Trinajstić information content (AvgIpc) is 2.13. The van der Waals surface area contributed by atoms with E-state index in [1.165, 1.54) is 0 Å². The number of amides is 1. The predicted octanol–water partition coefficient (Wildman–Crippen LogP) is 1.11. The lowest BCUT2D eigenvalue weighted by Gasteiger charge is -2.25. The molecule has 1 aliphatic rings. The second-order valence-electron chi connectivity index (χ2n) is 3.39. The van der Waals surface area contributed by atoms with Crippen molar-refractivity contribution in [3.63, 3.8) is 0 Å². The molecule has 1 aliphatic heterocycles. The average molecular weight is 247 g/mol. The summed E-state index contributed by atoms with van der Waals surface area (Å²) in [6, 6.07) is 0.303. The Balaban J connectivity index is 2.52. The molecule has 1 atom stereocenters. The zero-order valence-corrected chi connectivity index (χ0v) is 9.43. The number of halogens is 1. The summed E-state index contributed by atoms with van der Waals surface area (Å²) in [5.41, 5.74) is 0. The van der Waals surface area contributed by atoms with E-state index >= 15 is 0 Å². The molecule has 4 heteroatoms. The molecule has 1 unspecified atom stereocenters. The molecule has 1 rings (SSSR count). The van der Waals surface area contributed by atoms with Gasteiger partial charge in [-0.3, -0.25) is 9.69 Å². The van der Waals surface area contributed by atoms with Gasteiger partial charge in [0, 0.05) is 36.6 Å². The maximum atomic E-state index is 11.2. The lowest BCUT2D eigenvalue weighted by molar-refractivity contribution is -0.121. The first-order chi connectivity index (χ1) is 6.09. The Bertz CT molecular complexity index is 218. The third-order valence-electron chi connectivity index (χ3n) is 2.20. The van der Waals surface area contributed by atoms with E-state index in [4.69, 9.17) is 0 Å². The van der Waals surface area contributed by atoms with Crippen LogP contribution in [0.2, 0.25) is 0 Å². The molecule has 0 spiro atoms. The van der Waals surface area contributed by atoms with Gasteiger partial charge < -0.3 is 5.32 Å². The molecule has 0 aliphatic carbocycles. The fourth-order valence-corrected chi connectivity index (χ4v) is 1.81. The third-order valence-corrected chi connectivity index (χ3v) is 2.45. The minimum atomic E-state index is 0.148. The van der Waals surface area contributed by atoms with Gasteiger partial charge in [0.2, 0.25) is 5.91 Å². The first-order valence-corrected chi connectivity index (χ1v) is 5.23. The Kier molecular flexibility index (Phi) is 3.93. The highest BCUT2D eigenvalue weighted by atomic mass is 79.9. The minimum Gasteiger partial charge on any atom is -0.355 e. The van der Waals surface area contributed by atoms with E-state index in [2.05, 4.69) is 39.6 Å². The molecule has 74 valence electrons. The van der Waals surface area contributed by atoms with Gasteiger partial charge in [0.05, 0.1) is 0 Å². The first kappa shape index (κ1) is 10.7. The van der Waals surface area contributed by atoms with Crippen molar-refractivity contribution >= 4 is 21.8 Å². The van der Waals surface area contributed by atoms with Crippen molar-refractivity contribution in [1.29, 1.82) is 0 Å². The van der Waals surface area contributed by atoms with Crippen LogP contribution in [-0.4, -0.2) is 36.5 Å². The van der Waals surface area contributed by atoms with Crippen molar-refractivity contribution in [2.45, 2.75) is 19.4 Å². The van der Waals surface area contributed by atoms with E-state index in [1.807, 2.05) is 0 Å². The van der Waals surface area contributed by atoms with Crippen molar-refractivity contribution in [3.8, 4) is 0 Å². The van der Waals surface area contributed by atoms with E-state index in [0.29, 0.717) is 12.5 Å². The monoisotopic (exact) mass is 246 g/mol. The molecule has 0 aromatic rings. The van der Waals surface area contributed by atoms with Crippen LogP contribution in [0.4, 0.5) is 0 Å². The lowest BCUT2D eigenvalue weighted by Crippen LogP contribution is -2.35. The number of nitrogens with zero attached hydrogens (tertiary/aromatic N) is 1. The highest BCUT2D eigenvalue weighted by molar-refractivity contribution is 9.11. The molecule has 0 aromatic heterocycles. The van der Waals surface area contributed by atoms with Crippen LogP contribution in [0.25, 0.3) is 0 Å². The topological polar surface area (TPSA) is 32.3 Å². The Morgan fingerprint density at radius 1 is 1.85 bits per heavy atom. The summed E-state index contributed by atoms with van der Waals surface area (Å²) in [5, 5.41) is 2.85. The molecule has 0 radical (unpaired) electrons. The number of rotatable bonds is 2. The summed E-state index contributed by atoms with van der Waals surface area (Å²) in [5.74, 6) is 0.148. The standard InChI is InChI=1S/C9H15BrN2O/c1-7(10)6-12-4-3-11-9(13)5-8(12)2/h8H,1,3-6H2,2H3,(H,11,13). The van der Waals surface area contributed by atoms with Crippen LogP contribution in [0.15, 0.2) is 11.1 Å². The van der Waals surface area contributed by atoms with Crippen LogP contribution >= 0.6 is 15.9 Å². The summed E-state index contributed by atoms with van der Waals surface area (Å²) in [4.78, 5) is 13.4. The Labute approximate surface area is 87.3 Å². The largest absolute Gasteiger partial charge is 0.355 e. The molecule has 0 saturated carbocycles. The molecule has 1 amide bonds. The summed E-state index contributed by atoms with van der Waals surface area (Å²) >= 11 is 3.34. The number of nitrogens with one attached hydrogen (secondary N) is 1. The Morgan fingerprint density at radius 3 is 3.15 bits per heavy atom. The van der Waals surface area contributed by atoms with Gasteiger partial charge >= 0.3 is 0 Å². The maximum Gasteiger partial charge on any atom is 0.221 e. The number of hydrogen-bond acceptors (Lipinski definition) is 2. The van der Waals surface area contributed by atoms with E-state index in [0.717, 1.165) is 24.1 Å². The van der Waals surface area contributed by atoms with Crippen LogP contribution in [0.1, 0.15) is 13.3 Å². The zero-order chi connectivity index (χ0) is 9.84. The third kappa shape index (κ3) is 3.48. The van der Waals surface area contributed by atoms with Gasteiger partial charge in [0.25, 0.3) is 0 Å². The van der Waals surface area contributed by atoms with Gasteiger partial charge in [0.1, 0.15) is 0 Å². The van der Waals surface area contributed by atoms with Gasteiger partial charge in [0.15, 0.2) is 0 Å². The van der Waals surface area contributed by atoms with Crippen LogP contribution < -0.4 is 5.32 Å². The molecular formula is C9H15BrN2O. The zero-order valence-electron chi connectivity index (χ0n) is 7.85. The van der Waals surface area contributed by atoms with Crippen molar-refractivity contribution in [1.82, 2.24) is 10.2 Å². The lowest BCUT2D eigenvalue weighted by atomic mass is 10.2. The van der Waals surface area contributed by atoms with Gasteiger partial charge in [-0.25, -0.2) is 0 Å². The molecular weight excluding hydrogens is 232 g/mol. The molecule has 1 N–H and O–H groups in total. The normalized spacial score (nSPS) is 25.1. The minimum absolute atomic E-state index is 0.148. The second-order valence-corrected chi connectivity index (χ2v) is 4.51. The van der Waals surface area contributed by atoms with E-state index in [-0.39, 0.29) is 5.91 Å². The van der Waals surface area contributed by atoms with Crippen molar-refractivity contribution in [3.05, 3.63) is 11.1 Å². The fourth-order valence-electron chi connectivity index (χ4n) is 1.48. The van der Waals surface area contributed by atoms with Crippen LogP contribution in [0.3, 0.4) is 0 Å². The van der Waals surface area contributed by atoms with E-state index in [1.54, 1.807) is 0 Å². The van der Waals surface area contributed by atoms with Crippen molar-refractivity contribution < 1.29 is 4.79 Å². The van der Waals surface area contributed by atoms with E-state index in [9.17, 15) is 4.79 Å². The van der Waals surface area contributed by atoms with Crippen molar-refractivity contribution in [2.75, 3.05) is 19.6 Å². The summed E-state index contributed by atoms with van der Waals surface area (Å²) in [6.07, 6.45) is 0.584. The summed E-state index contributed by atoms with van der Waals surface area (Å²) < 4.78 is 0.966. The summed E-state index contributed by atoms with van der Waals surface area (Å²) in [6.45, 7) is 8.33. The van der Waals surface area contributed by atoms with Gasteiger partial charge in [-0.15, -0.1) is 0 Å². The smallest absolute Gasteiger partial charge is 0.221 e. The molecule has 13 heavy (non-hydrogen) atoms. The number of carbonyl (C=O) groups is 1. The number of hydrogen-bond donors (Lipinski definition) is 1. The predicted molar refractivity (Wildman–Crippen MR) is 56.7 cm³/mol. The Hall–Kier alpha value is -0.350. The van der Waals surface area contributed by atoms with Gasteiger partial charge in [-0.1, -0.05) is 22.5 Å². The molecule has 0 aromatic carbocycles.